The molecule has 1 aromatic rings. The van der Waals surface area contributed by atoms with Gasteiger partial charge in [-0.05, 0) is 25.0 Å². The molecule has 10 heteroatoms. The minimum absolute atomic E-state index is 0.00670. The average molecular weight is 466 g/mol. The molecule has 2 aliphatic rings. The SMILES string of the molecule is [C-]#[N+]C(C)(C)C1C=C(C)C(Nc2ncc(Cl)c(OCC3CCN(C(C)=O)CC3(F)F)n2)=C1. The number of carbonyl (C=O) groups is 1. The van der Waals surface area contributed by atoms with E-state index in [1.807, 2.05) is 32.9 Å². The first-order chi connectivity index (χ1) is 14.9. The van der Waals surface area contributed by atoms with Crippen molar-refractivity contribution in [3.8, 4) is 5.88 Å². The first-order valence-corrected chi connectivity index (χ1v) is 10.7. The molecule has 2 heterocycles. The Labute approximate surface area is 191 Å². The fourth-order valence-electron chi connectivity index (χ4n) is 3.61. The highest BCUT2D eigenvalue weighted by molar-refractivity contribution is 6.31. The van der Waals surface area contributed by atoms with Gasteiger partial charge in [0.2, 0.25) is 23.3 Å². The largest absolute Gasteiger partial charge is 0.476 e. The van der Waals surface area contributed by atoms with Gasteiger partial charge in [0.1, 0.15) is 5.02 Å². The van der Waals surface area contributed by atoms with Crippen molar-refractivity contribution in [2.75, 3.05) is 25.0 Å². The standard InChI is InChI=1S/C22H26ClF2N5O2/c1-13-8-16(21(3,4)26-5)9-18(13)28-20-27-10-17(23)19(29-20)32-11-15-6-7-30(14(2)31)12-22(15,24)25/h8-10,15-16H,6-7,11-12H2,1-4H3,(H,27,28,29). The molecule has 172 valence electrons. The number of ether oxygens (including phenoxy) is 1. The van der Waals surface area contributed by atoms with E-state index in [2.05, 4.69) is 20.1 Å². The number of nitrogens with zero attached hydrogens (tertiary/aromatic N) is 4. The Balaban J connectivity index is 1.68. The Morgan fingerprint density at radius 3 is 2.81 bits per heavy atom. The van der Waals surface area contributed by atoms with E-state index in [1.165, 1.54) is 13.1 Å². The normalized spacial score (nSPS) is 22.6. The van der Waals surface area contributed by atoms with E-state index in [-0.39, 0.29) is 48.2 Å². The highest BCUT2D eigenvalue weighted by Gasteiger charge is 2.45. The lowest BCUT2D eigenvalue weighted by atomic mass is 9.89. The first kappa shape index (κ1) is 23.9. The predicted molar refractivity (Wildman–Crippen MR) is 117 cm³/mol. The number of nitrogens with one attached hydrogen (secondary N) is 1. The van der Waals surface area contributed by atoms with Crippen molar-refractivity contribution in [2.45, 2.75) is 45.6 Å². The van der Waals surface area contributed by atoms with E-state index in [9.17, 15) is 13.6 Å². The van der Waals surface area contributed by atoms with Crippen molar-refractivity contribution < 1.29 is 18.3 Å². The van der Waals surface area contributed by atoms with Crippen molar-refractivity contribution in [2.24, 2.45) is 11.8 Å². The van der Waals surface area contributed by atoms with Crippen LogP contribution in [0.1, 0.15) is 34.1 Å². The number of piperidine rings is 1. The summed E-state index contributed by atoms with van der Waals surface area (Å²) in [5.41, 5.74) is 1.14. The third kappa shape index (κ3) is 5.18. The monoisotopic (exact) mass is 465 g/mol. The van der Waals surface area contributed by atoms with Crippen LogP contribution in [0.3, 0.4) is 0 Å². The number of hydrogen-bond acceptors (Lipinski definition) is 5. The summed E-state index contributed by atoms with van der Waals surface area (Å²) < 4.78 is 34.5. The van der Waals surface area contributed by atoms with E-state index in [0.29, 0.717) is 0 Å². The number of likely N-dealkylation sites (tertiary alicyclic amines) is 1. The van der Waals surface area contributed by atoms with Crippen LogP contribution in [0.15, 0.2) is 29.6 Å². The van der Waals surface area contributed by atoms with Crippen molar-refractivity contribution in [3.05, 3.63) is 46.1 Å². The Hall–Kier alpha value is -2.73. The number of alkyl halides is 2. The van der Waals surface area contributed by atoms with Gasteiger partial charge in [-0.15, -0.1) is 0 Å². The summed E-state index contributed by atoms with van der Waals surface area (Å²) in [5, 5.41) is 3.20. The van der Waals surface area contributed by atoms with Crippen LogP contribution >= 0.6 is 11.6 Å². The fourth-order valence-corrected chi connectivity index (χ4v) is 3.76. The van der Waals surface area contributed by atoms with E-state index in [1.54, 1.807) is 0 Å². The van der Waals surface area contributed by atoms with Crippen LogP contribution in [0.5, 0.6) is 5.88 Å². The second kappa shape index (κ2) is 9.02. The van der Waals surface area contributed by atoms with Gasteiger partial charge in [-0.2, -0.15) is 4.98 Å². The highest BCUT2D eigenvalue weighted by atomic mass is 35.5. The van der Waals surface area contributed by atoms with Crippen molar-refractivity contribution in [1.29, 1.82) is 0 Å². The second-order valence-electron chi connectivity index (χ2n) is 8.69. The van der Waals surface area contributed by atoms with Gasteiger partial charge in [-0.25, -0.2) is 20.3 Å². The number of amides is 1. The number of allylic oxidation sites excluding steroid dienone is 1. The molecule has 1 amide bonds. The molecule has 2 atom stereocenters. The lowest BCUT2D eigenvalue weighted by molar-refractivity contribution is -0.151. The molecule has 0 radical (unpaired) electrons. The van der Waals surface area contributed by atoms with Crippen LogP contribution in [0, 0.1) is 18.4 Å². The third-order valence-electron chi connectivity index (χ3n) is 5.88. The number of rotatable bonds is 6. The number of aromatic nitrogens is 2. The molecular weight excluding hydrogens is 440 g/mol. The fraction of sp³-hybridized carbons (Fsp3) is 0.545. The zero-order valence-electron chi connectivity index (χ0n) is 18.5. The Morgan fingerprint density at radius 2 is 2.19 bits per heavy atom. The smallest absolute Gasteiger partial charge is 0.271 e. The molecule has 1 fully saturated rings. The quantitative estimate of drug-likeness (QED) is 0.622. The lowest BCUT2D eigenvalue weighted by Crippen LogP contribution is -2.51. The average Bonchev–Trinajstić information content (AvgIpc) is 3.09. The molecule has 1 aliphatic carbocycles. The molecule has 7 nitrogen and oxygen atoms in total. The Bertz CT molecular complexity index is 1000. The van der Waals surface area contributed by atoms with Crippen LogP contribution in [0.2, 0.25) is 5.02 Å². The lowest BCUT2D eigenvalue weighted by Gasteiger charge is -2.37. The van der Waals surface area contributed by atoms with Crippen molar-refractivity contribution in [3.63, 3.8) is 0 Å². The zero-order valence-corrected chi connectivity index (χ0v) is 19.2. The van der Waals surface area contributed by atoms with Gasteiger partial charge in [0.15, 0.2) is 0 Å². The third-order valence-corrected chi connectivity index (χ3v) is 6.14. The van der Waals surface area contributed by atoms with Gasteiger partial charge in [0.05, 0.1) is 31.2 Å². The van der Waals surface area contributed by atoms with Crippen molar-refractivity contribution in [1.82, 2.24) is 14.9 Å². The first-order valence-electron chi connectivity index (χ1n) is 10.3. The van der Waals surface area contributed by atoms with Gasteiger partial charge < -0.3 is 19.8 Å². The van der Waals surface area contributed by atoms with Gasteiger partial charge in [-0.3, -0.25) is 4.79 Å². The van der Waals surface area contributed by atoms with E-state index in [4.69, 9.17) is 22.9 Å². The number of hydrogen-bond donors (Lipinski definition) is 1. The zero-order chi connectivity index (χ0) is 23.7. The highest BCUT2D eigenvalue weighted by Crippen LogP contribution is 2.35. The molecule has 1 saturated heterocycles. The number of carbonyl (C=O) groups excluding carboxylic acids is 1. The Kier molecular flexibility index (Phi) is 6.75. The van der Waals surface area contributed by atoms with Gasteiger partial charge in [0, 0.05) is 33.0 Å². The summed E-state index contributed by atoms with van der Waals surface area (Å²) in [6.07, 6.45) is 5.41. The van der Waals surface area contributed by atoms with Crippen LogP contribution in [-0.2, 0) is 4.79 Å². The summed E-state index contributed by atoms with van der Waals surface area (Å²) in [7, 11) is 0. The van der Waals surface area contributed by atoms with E-state index < -0.39 is 23.9 Å². The molecule has 1 aromatic heterocycles. The summed E-state index contributed by atoms with van der Waals surface area (Å²) >= 11 is 6.12. The maximum Gasteiger partial charge on any atom is 0.271 e. The molecule has 32 heavy (non-hydrogen) atoms. The molecule has 0 aromatic carbocycles. The molecule has 0 bridgehead atoms. The van der Waals surface area contributed by atoms with Crippen LogP contribution in [0.25, 0.3) is 4.85 Å². The minimum Gasteiger partial charge on any atom is -0.476 e. The Morgan fingerprint density at radius 1 is 1.47 bits per heavy atom. The molecule has 1 aliphatic heterocycles. The van der Waals surface area contributed by atoms with E-state index in [0.717, 1.165) is 16.2 Å². The molecular formula is C22H26ClF2N5O2. The van der Waals surface area contributed by atoms with Crippen molar-refractivity contribution >= 4 is 23.5 Å². The maximum absolute atomic E-state index is 14.5. The topological polar surface area (TPSA) is 71.7 Å². The maximum atomic E-state index is 14.5. The van der Waals surface area contributed by atoms with Gasteiger partial charge in [-0.1, -0.05) is 17.7 Å². The molecule has 2 unspecified atom stereocenters. The summed E-state index contributed by atoms with van der Waals surface area (Å²) in [4.78, 5) is 24.6. The van der Waals surface area contributed by atoms with Crippen LogP contribution in [0.4, 0.5) is 14.7 Å². The van der Waals surface area contributed by atoms with Crippen LogP contribution < -0.4 is 10.1 Å². The van der Waals surface area contributed by atoms with E-state index >= 15 is 0 Å². The molecule has 0 spiro atoms. The number of anilines is 1. The molecule has 0 saturated carbocycles. The second-order valence-corrected chi connectivity index (χ2v) is 9.10. The summed E-state index contributed by atoms with van der Waals surface area (Å²) in [6, 6.07) is 0. The molecule has 3 rings (SSSR count). The minimum atomic E-state index is -3.06. The predicted octanol–water partition coefficient (Wildman–Crippen LogP) is 4.58. The number of halogens is 3. The van der Waals surface area contributed by atoms with Crippen LogP contribution in [-0.4, -0.2) is 51.9 Å². The summed E-state index contributed by atoms with van der Waals surface area (Å²) in [6.45, 7) is 13.7. The molecule has 1 N–H and O–H groups in total. The summed E-state index contributed by atoms with van der Waals surface area (Å²) in [5.74, 6) is -4.33. The van der Waals surface area contributed by atoms with Gasteiger partial charge in [0.25, 0.3) is 5.92 Å². The van der Waals surface area contributed by atoms with Gasteiger partial charge >= 0.3 is 0 Å².